The van der Waals surface area contributed by atoms with Crippen molar-refractivity contribution < 1.29 is 9.59 Å². The van der Waals surface area contributed by atoms with E-state index in [1.807, 2.05) is 38.1 Å². The number of amides is 1. The average Bonchev–Trinajstić information content (AvgIpc) is 3.04. The van der Waals surface area contributed by atoms with Gasteiger partial charge < -0.3 is 10.7 Å². The van der Waals surface area contributed by atoms with E-state index in [1.54, 1.807) is 6.07 Å². The van der Waals surface area contributed by atoms with Crippen LogP contribution in [0.1, 0.15) is 77.6 Å². The molecule has 0 saturated heterocycles. The van der Waals surface area contributed by atoms with Crippen LogP contribution < -0.4 is 5.73 Å². The largest absolute Gasteiger partial charge is 0.366 e. The van der Waals surface area contributed by atoms with E-state index in [0.717, 1.165) is 46.1 Å². The molecular formula is C24H28N2O2. The van der Waals surface area contributed by atoms with E-state index in [-0.39, 0.29) is 17.6 Å². The van der Waals surface area contributed by atoms with Crippen LogP contribution in [0.15, 0.2) is 42.5 Å². The Bertz CT molecular complexity index is 1020. The monoisotopic (exact) mass is 376 g/mol. The van der Waals surface area contributed by atoms with E-state index in [2.05, 4.69) is 31.0 Å². The summed E-state index contributed by atoms with van der Waals surface area (Å²) in [7, 11) is 0. The minimum atomic E-state index is -0.466. The number of fused-ring (bicyclic) bond motifs is 1. The second kappa shape index (κ2) is 8.01. The summed E-state index contributed by atoms with van der Waals surface area (Å²) < 4.78 is 0. The summed E-state index contributed by atoms with van der Waals surface area (Å²) in [6.45, 7) is 8.05. The van der Waals surface area contributed by atoms with Crippen LogP contribution in [0.2, 0.25) is 0 Å². The molecule has 0 fully saturated rings. The van der Waals surface area contributed by atoms with Crippen molar-refractivity contribution in [1.82, 2.24) is 4.98 Å². The van der Waals surface area contributed by atoms with Gasteiger partial charge in [0.1, 0.15) is 0 Å². The lowest BCUT2D eigenvalue weighted by atomic mass is 9.86. The van der Waals surface area contributed by atoms with Crippen LogP contribution in [0.4, 0.5) is 0 Å². The van der Waals surface area contributed by atoms with Gasteiger partial charge in [-0.2, -0.15) is 0 Å². The topological polar surface area (TPSA) is 76.0 Å². The zero-order valence-corrected chi connectivity index (χ0v) is 17.0. The lowest BCUT2D eigenvalue weighted by molar-refractivity contribution is 0.0939. The van der Waals surface area contributed by atoms with Gasteiger partial charge in [0.05, 0.1) is 0 Å². The van der Waals surface area contributed by atoms with Gasteiger partial charge in [0.25, 0.3) is 0 Å². The lowest BCUT2D eigenvalue weighted by Crippen LogP contribution is -2.13. The first kappa shape index (κ1) is 19.9. The summed E-state index contributed by atoms with van der Waals surface area (Å²) >= 11 is 0. The van der Waals surface area contributed by atoms with Gasteiger partial charge in [-0.15, -0.1) is 0 Å². The number of Topliss-reactive ketones (excluding diaryl/α,β-unsaturated/α-hetero) is 1. The quantitative estimate of drug-likeness (QED) is 0.555. The molecule has 0 radical (unpaired) electrons. The molecule has 1 amide bonds. The van der Waals surface area contributed by atoms with Gasteiger partial charge in [-0.05, 0) is 29.7 Å². The van der Waals surface area contributed by atoms with Crippen LogP contribution in [0.5, 0.6) is 0 Å². The summed E-state index contributed by atoms with van der Waals surface area (Å²) in [6, 6.07) is 13.7. The molecule has 0 aliphatic carbocycles. The number of carbonyl (C=O) groups excluding carboxylic acids is 2. The van der Waals surface area contributed by atoms with Gasteiger partial charge in [-0.25, -0.2) is 0 Å². The number of aryl methyl sites for hydroxylation is 1. The molecule has 2 aromatic carbocycles. The van der Waals surface area contributed by atoms with Gasteiger partial charge in [-0.1, -0.05) is 64.4 Å². The predicted octanol–water partition coefficient (Wildman–Crippen LogP) is 5.21. The van der Waals surface area contributed by atoms with Crippen molar-refractivity contribution in [3.63, 3.8) is 0 Å². The molecule has 3 aromatic rings. The van der Waals surface area contributed by atoms with Crippen LogP contribution in [0.3, 0.4) is 0 Å². The zero-order chi connectivity index (χ0) is 20.4. The fourth-order valence-electron chi connectivity index (χ4n) is 3.82. The molecule has 1 atom stereocenters. The summed E-state index contributed by atoms with van der Waals surface area (Å²) in [4.78, 5) is 28.5. The van der Waals surface area contributed by atoms with Crippen molar-refractivity contribution >= 4 is 22.6 Å². The molecule has 0 bridgehead atoms. The second-order valence-corrected chi connectivity index (χ2v) is 7.73. The Kier molecular flexibility index (Phi) is 5.68. The van der Waals surface area contributed by atoms with Crippen molar-refractivity contribution in [3.05, 3.63) is 70.4 Å². The maximum Gasteiger partial charge on any atom is 0.248 e. The Hall–Kier alpha value is -2.88. The molecule has 4 nitrogen and oxygen atoms in total. The first-order valence-corrected chi connectivity index (χ1v) is 9.92. The highest BCUT2D eigenvalue weighted by Gasteiger charge is 2.25. The first-order chi connectivity index (χ1) is 13.3. The van der Waals surface area contributed by atoms with Crippen LogP contribution in [-0.4, -0.2) is 16.7 Å². The molecule has 1 unspecified atom stereocenters. The summed E-state index contributed by atoms with van der Waals surface area (Å²) in [5, 5.41) is 0.920. The van der Waals surface area contributed by atoms with Crippen LogP contribution in [0.25, 0.3) is 10.9 Å². The second-order valence-electron chi connectivity index (χ2n) is 7.73. The smallest absolute Gasteiger partial charge is 0.248 e. The molecule has 1 aromatic heterocycles. The van der Waals surface area contributed by atoms with Gasteiger partial charge >= 0.3 is 0 Å². The number of carbonyl (C=O) groups is 2. The molecule has 0 aliphatic rings. The molecule has 146 valence electrons. The molecular weight excluding hydrogens is 348 g/mol. The van der Waals surface area contributed by atoms with E-state index in [9.17, 15) is 9.59 Å². The number of benzene rings is 2. The zero-order valence-electron chi connectivity index (χ0n) is 17.0. The number of aromatic nitrogens is 1. The number of hydrogen-bond donors (Lipinski definition) is 2. The highest BCUT2D eigenvalue weighted by molar-refractivity contribution is 6.12. The molecule has 28 heavy (non-hydrogen) atoms. The molecule has 3 N–H and O–H groups in total. The Labute approximate surface area is 166 Å². The van der Waals surface area contributed by atoms with Crippen molar-refractivity contribution in [2.24, 2.45) is 11.7 Å². The SMILES string of the molecule is CCCc1[nH]c2cc(C(N)=O)cc(C(C)c3ccccc3)c2c1C(=O)C(C)C. The number of ketones is 1. The third-order valence-corrected chi connectivity index (χ3v) is 5.33. The maximum atomic E-state index is 13.1. The van der Waals surface area contributed by atoms with Crippen molar-refractivity contribution in [3.8, 4) is 0 Å². The molecule has 0 saturated carbocycles. The van der Waals surface area contributed by atoms with Gasteiger partial charge in [0.15, 0.2) is 5.78 Å². The van der Waals surface area contributed by atoms with Crippen LogP contribution in [-0.2, 0) is 6.42 Å². The number of hydrogen-bond acceptors (Lipinski definition) is 2. The van der Waals surface area contributed by atoms with Crippen molar-refractivity contribution in [2.45, 2.75) is 46.5 Å². The first-order valence-electron chi connectivity index (χ1n) is 9.92. The number of nitrogens with one attached hydrogen (secondary N) is 1. The number of aromatic amines is 1. The predicted molar refractivity (Wildman–Crippen MR) is 114 cm³/mol. The highest BCUT2D eigenvalue weighted by Crippen LogP contribution is 2.36. The Morgan fingerprint density at radius 3 is 2.32 bits per heavy atom. The van der Waals surface area contributed by atoms with Crippen LogP contribution in [0, 0.1) is 5.92 Å². The third kappa shape index (κ3) is 3.59. The van der Waals surface area contributed by atoms with E-state index in [4.69, 9.17) is 5.73 Å². The lowest BCUT2D eigenvalue weighted by Gasteiger charge is -2.17. The van der Waals surface area contributed by atoms with Gasteiger partial charge in [-0.3, -0.25) is 9.59 Å². The molecule has 1 heterocycles. The number of H-pyrrole nitrogens is 1. The van der Waals surface area contributed by atoms with Crippen molar-refractivity contribution in [2.75, 3.05) is 0 Å². The number of nitrogens with two attached hydrogens (primary N) is 1. The Morgan fingerprint density at radius 2 is 1.75 bits per heavy atom. The molecule has 0 aliphatic heterocycles. The number of primary amides is 1. The summed E-state index contributed by atoms with van der Waals surface area (Å²) in [5.74, 6) is -0.424. The van der Waals surface area contributed by atoms with E-state index < -0.39 is 5.91 Å². The molecule has 4 heteroatoms. The molecule has 0 spiro atoms. The van der Waals surface area contributed by atoms with Gasteiger partial charge in [0.2, 0.25) is 5.91 Å². The minimum Gasteiger partial charge on any atom is -0.366 e. The summed E-state index contributed by atoms with van der Waals surface area (Å²) in [6.07, 6.45) is 1.71. The fraction of sp³-hybridized carbons (Fsp3) is 0.333. The Balaban J connectivity index is 2.36. The average molecular weight is 377 g/mol. The standard InChI is InChI=1S/C24H28N2O2/c1-5-9-19-22(23(27)14(2)3)21-18(15(4)16-10-7-6-8-11-16)12-17(24(25)28)13-20(21)26-19/h6-8,10-15,26H,5,9H2,1-4H3,(H2,25,28). The number of rotatable bonds is 7. The van der Waals surface area contributed by atoms with E-state index >= 15 is 0 Å². The van der Waals surface area contributed by atoms with Crippen LogP contribution >= 0.6 is 0 Å². The van der Waals surface area contributed by atoms with Gasteiger partial charge in [0, 0.05) is 39.6 Å². The van der Waals surface area contributed by atoms with Crippen molar-refractivity contribution in [1.29, 1.82) is 0 Å². The maximum absolute atomic E-state index is 13.1. The normalized spacial score (nSPS) is 12.5. The van der Waals surface area contributed by atoms with E-state index in [1.165, 1.54) is 0 Å². The highest BCUT2D eigenvalue weighted by atomic mass is 16.1. The molecule has 3 rings (SSSR count). The Morgan fingerprint density at radius 1 is 1.07 bits per heavy atom. The fourth-order valence-corrected chi connectivity index (χ4v) is 3.82. The minimum absolute atomic E-state index is 0.0204. The summed E-state index contributed by atoms with van der Waals surface area (Å²) in [5.41, 5.74) is 10.7. The van der Waals surface area contributed by atoms with E-state index in [0.29, 0.717) is 5.56 Å². The third-order valence-electron chi connectivity index (χ3n) is 5.33.